The Morgan fingerprint density at radius 2 is 2.26 bits per heavy atom. The lowest BCUT2D eigenvalue weighted by molar-refractivity contribution is 0.0604. The maximum absolute atomic E-state index is 15.0. The molecule has 0 aromatic carbocycles. The van der Waals surface area contributed by atoms with Crippen molar-refractivity contribution in [1.29, 1.82) is 5.26 Å². The second kappa shape index (κ2) is 8.54. The van der Waals surface area contributed by atoms with E-state index in [1.807, 2.05) is 13.0 Å². The van der Waals surface area contributed by atoms with Gasteiger partial charge in [-0.25, -0.2) is 19.2 Å². The summed E-state index contributed by atoms with van der Waals surface area (Å²) in [6.45, 7) is 2.14. The summed E-state index contributed by atoms with van der Waals surface area (Å²) < 4.78 is 32.5. The molecule has 2 aliphatic rings. The third-order valence-electron chi connectivity index (χ3n) is 5.80. The number of fused-ring (bicyclic) bond motifs is 1. The Morgan fingerprint density at radius 3 is 3.00 bits per heavy atom. The van der Waals surface area contributed by atoms with Gasteiger partial charge in [0.15, 0.2) is 18.1 Å². The molecule has 0 unspecified atom stereocenters. The molecule has 0 bridgehead atoms. The number of halogens is 1. The van der Waals surface area contributed by atoms with Gasteiger partial charge in [-0.05, 0) is 19.8 Å². The van der Waals surface area contributed by atoms with Crippen molar-refractivity contribution in [3.63, 3.8) is 0 Å². The number of alkyl halides is 1. The third-order valence-corrected chi connectivity index (χ3v) is 5.80. The minimum absolute atomic E-state index is 0.0680. The molecular formula is C21H23FN8O4. The summed E-state index contributed by atoms with van der Waals surface area (Å²) in [5.74, 6) is 0.637. The number of rotatable bonds is 7. The van der Waals surface area contributed by atoms with Gasteiger partial charge in [0.25, 0.3) is 0 Å². The van der Waals surface area contributed by atoms with Gasteiger partial charge in [-0.3, -0.25) is 9.50 Å². The summed E-state index contributed by atoms with van der Waals surface area (Å²) in [5.41, 5.74) is 1.46. The highest BCUT2D eigenvalue weighted by Crippen LogP contribution is 2.36. The molecule has 1 aliphatic heterocycles. The number of nitrogens with zero attached hydrogens (tertiary/aromatic N) is 5. The highest BCUT2D eigenvalue weighted by Gasteiger charge is 2.44. The van der Waals surface area contributed by atoms with Crippen LogP contribution in [0.25, 0.3) is 5.65 Å². The van der Waals surface area contributed by atoms with Crippen LogP contribution in [0.5, 0.6) is 0 Å². The maximum atomic E-state index is 15.0. The Morgan fingerprint density at radius 1 is 1.44 bits per heavy atom. The van der Waals surface area contributed by atoms with Crippen LogP contribution in [0.4, 0.5) is 21.0 Å². The van der Waals surface area contributed by atoms with Gasteiger partial charge in [0.1, 0.15) is 23.5 Å². The minimum atomic E-state index is -1.57. The number of carbonyl (C=O) groups is 1. The molecule has 3 aromatic rings. The summed E-state index contributed by atoms with van der Waals surface area (Å²) in [7, 11) is 1.56. The average molecular weight is 470 g/mol. The van der Waals surface area contributed by atoms with Gasteiger partial charge in [-0.2, -0.15) is 10.4 Å². The first-order valence-corrected chi connectivity index (χ1v) is 10.7. The van der Waals surface area contributed by atoms with Crippen molar-refractivity contribution in [3.8, 4) is 6.07 Å². The summed E-state index contributed by atoms with van der Waals surface area (Å²) in [5, 5.41) is 22.0. The van der Waals surface area contributed by atoms with Crippen molar-refractivity contribution >= 4 is 23.5 Å². The van der Waals surface area contributed by atoms with Gasteiger partial charge in [0, 0.05) is 31.0 Å². The van der Waals surface area contributed by atoms with E-state index in [2.05, 4.69) is 30.8 Å². The standard InChI is InChI=1S/C21H23FN8O4/c1-21(3-4-21)27-20(31)34-14-10-33-18(17(14)22)13-6-15(29-28-13)26-19-25-11(7-23)5-16-24-12(9-32-2)8-30(16)19/h5-6,8,14,17-18H,3-4,9-10H2,1-2H3,(H,27,31)(H2,25,26,28,29)/t14-,17-,18-/m1/s1. The molecule has 2 fully saturated rings. The van der Waals surface area contributed by atoms with Crippen LogP contribution in [0.3, 0.4) is 0 Å². The van der Waals surface area contributed by atoms with E-state index in [4.69, 9.17) is 14.2 Å². The highest BCUT2D eigenvalue weighted by atomic mass is 19.1. The highest BCUT2D eigenvalue weighted by molar-refractivity contribution is 5.69. The van der Waals surface area contributed by atoms with Crippen LogP contribution in [0.15, 0.2) is 18.3 Å². The Kier molecular flexibility index (Phi) is 5.54. The van der Waals surface area contributed by atoms with E-state index in [0.29, 0.717) is 35.4 Å². The molecule has 3 aromatic heterocycles. The summed E-state index contributed by atoms with van der Waals surface area (Å²) in [6.07, 6.45) is -0.730. The number of anilines is 2. The minimum Gasteiger partial charge on any atom is -0.441 e. The smallest absolute Gasteiger partial charge is 0.408 e. The fraction of sp³-hybridized carbons (Fsp3) is 0.476. The van der Waals surface area contributed by atoms with Crippen LogP contribution in [0.1, 0.15) is 43.0 Å². The first-order valence-electron chi connectivity index (χ1n) is 10.7. The number of amides is 1. The molecule has 5 rings (SSSR count). The number of imidazole rings is 1. The first kappa shape index (κ1) is 22.1. The quantitative estimate of drug-likeness (QED) is 0.472. The van der Waals surface area contributed by atoms with Crippen LogP contribution >= 0.6 is 0 Å². The van der Waals surface area contributed by atoms with Crippen molar-refractivity contribution < 1.29 is 23.4 Å². The Bertz CT molecular complexity index is 1260. The van der Waals surface area contributed by atoms with E-state index >= 15 is 0 Å². The summed E-state index contributed by atoms with van der Waals surface area (Å²) in [4.78, 5) is 20.7. The van der Waals surface area contributed by atoms with E-state index in [-0.39, 0.29) is 17.8 Å². The zero-order valence-electron chi connectivity index (χ0n) is 18.5. The number of carbonyl (C=O) groups excluding carboxylic acids is 1. The molecule has 13 heteroatoms. The van der Waals surface area contributed by atoms with Crippen LogP contribution in [0.2, 0.25) is 0 Å². The van der Waals surface area contributed by atoms with Crippen molar-refractivity contribution in [2.75, 3.05) is 19.0 Å². The van der Waals surface area contributed by atoms with Gasteiger partial charge in [0.05, 0.1) is 24.6 Å². The number of methoxy groups -OCH3 is 1. The Labute approximate surface area is 193 Å². The lowest BCUT2D eigenvalue weighted by Gasteiger charge is -2.17. The predicted molar refractivity (Wildman–Crippen MR) is 115 cm³/mol. The number of ether oxygens (including phenoxy) is 3. The molecule has 1 saturated heterocycles. The fourth-order valence-electron chi connectivity index (χ4n) is 3.73. The van der Waals surface area contributed by atoms with Crippen LogP contribution in [-0.2, 0) is 20.8 Å². The molecule has 1 amide bonds. The topological polar surface area (TPSA) is 151 Å². The van der Waals surface area contributed by atoms with Crippen molar-refractivity contribution in [2.24, 2.45) is 0 Å². The number of hydrogen-bond acceptors (Lipinski definition) is 9. The molecule has 3 N–H and O–H groups in total. The molecule has 1 aliphatic carbocycles. The van der Waals surface area contributed by atoms with Crippen LogP contribution in [-0.4, -0.2) is 62.2 Å². The molecule has 4 heterocycles. The van der Waals surface area contributed by atoms with Crippen molar-refractivity contribution in [1.82, 2.24) is 29.9 Å². The number of nitrogens with one attached hydrogen (secondary N) is 3. The number of aromatic nitrogens is 5. The van der Waals surface area contributed by atoms with Gasteiger partial charge in [0.2, 0.25) is 5.95 Å². The second-order valence-electron chi connectivity index (χ2n) is 8.63. The van der Waals surface area contributed by atoms with Gasteiger partial charge in [-0.15, -0.1) is 0 Å². The van der Waals surface area contributed by atoms with Gasteiger partial charge < -0.3 is 24.8 Å². The predicted octanol–water partition coefficient (Wildman–Crippen LogP) is 2.27. The number of alkyl carbamates (subject to hydrolysis) is 1. The molecule has 1 saturated carbocycles. The van der Waals surface area contributed by atoms with Gasteiger partial charge >= 0.3 is 6.09 Å². The zero-order chi connectivity index (χ0) is 23.9. The average Bonchev–Trinajstić information content (AvgIpc) is 3.14. The van der Waals surface area contributed by atoms with E-state index in [1.54, 1.807) is 29.8 Å². The number of hydrogen-bond donors (Lipinski definition) is 3. The molecule has 0 spiro atoms. The number of nitriles is 1. The lowest BCUT2D eigenvalue weighted by Crippen LogP contribution is -2.39. The van der Waals surface area contributed by atoms with Crippen molar-refractivity contribution in [2.45, 2.75) is 50.3 Å². The van der Waals surface area contributed by atoms with E-state index in [1.165, 1.54) is 0 Å². The molecule has 12 nitrogen and oxygen atoms in total. The largest absolute Gasteiger partial charge is 0.441 e. The molecular weight excluding hydrogens is 447 g/mol. The SMILES string of the molecule is COCc1cn2c(Nc3cc([C@H]4OC[C@@H](OC(=O)NC5(C)CC5)[C@H]4F)[nH]n3)nc(C#N)cc2n1. The zero-order valence-corrected chi connectivity index (χ0v) is 18.5. The molecule has 0 radical (unpaired) electrons. The van der Waals surface area contributed by atoms with Crippen LogP contribution in [0, 0.1) is 11.3 Å². The van der Waals surface area contributed by atoms with E-state index in [0.717, 1.165) is 12.8 Å². The van der Waals surface area contributed by atoms with E-state index < -0.39 is 24.5 Å². The summed E-state index contributed by atoms with van der Waals surface area (Å²) in [6, 6.07) is 5.13. The molecule has 3 atom stereocenters. The maximum Gasteiger partial charge on any atom is 0.408 e. The normalized spacial score (nSPS) is 22.9. The van der Waals surface area contributed by atoms with E-state index in [9.17, 15) is 14.4 Å². The molecule has 34 heavy (non-hydrogen) atoms. The molecule has 178 valence electrons. The fourth-order valence-corrected chi connectivity index (χ4v) is 3.73. The first-order chi connectivity index (χ1) is 16.4. The van der Waals surface area contributed by atoms with Gasteiger partial charge in [-0.1, -0.05) is 0 Å². The number of aromatic amines is 1. The monoisotopic (exact) mass is 470 g/mol. The third kappa shape index (κ3) is 4.37. The number of H-pyrrole nitrogens is 1. The summed E-state index contributed by atoms with van der Waals surface area (Å²) >= 11 is 0. The van der Waals surface area contributed by atoms with Crippen molar-refractivity contribution in [3.05, 3.63) is 35.4 Å². The Hall–Kier alpha value is -3.76. The lowest BCUT2D eigenvalue weighted by atomic mass is 10.1. The second-order valence-corrected chi connectivity index (χ2v) is 8.63. The van der Waals surface area contributed by atoms with Crippen LogP contribution < -0.4 is 10.6 Å². The Balaban J connectivity index is 1.29.